The standard InChI is InChI=1S/C14H21N3O4/c1-20-9-8-17(7-6-13(18)21-2)14(19)16-12-5-3-4-11(15)10-12/h3-5,10H,6-9,15H2,1-2H3,(H,16,19). The van der Waals surface area contributed by atoms with Gasteiger partial charge < -0.3 is 25.4 Å². The Bertz CT molecular complexity index is 479. The highest BCUT2D eigenvalue weighted by molar-refractivity contribution is 5.90. The Balaban J connectivity index is 2.63. The minimum atomic E-state index is -0.367. The van der Waals surface area contributed by atoms with Crippen LogP contribution in [0.25, 0.3) is 0 Å². The molecule has 2 amide bonds. The van der Waals surface area contributed by atoms with Crippen LogP contribution in [-0.4, -0.2) is 50.8 Å². The van der Waals surface area contributed by atoms with Gasteiger partial charge in [-0.05, 0) is 18.2 Å². The molecule has 1 aromatic carbocycles. The minimum Gasteiger partial charge on any atom is -0.469 e. The number of nitrogens with one attached hydrogen (secondary N) is 1. The van der Waals surface area contributed by atoms with Gasteiger partial charge in [-0.3, -0.25) is 4.79 Å². The van der Waals surface area contributed by atoms with Crippen LogP contribution in [-0.2, 0) is 14.3 Å². The molecule has 1 rings (SSSR count). The van der Waals surface area contributed by atoms with Crippen LogP contribution in [0.5, 0.6) is 0 Å². The van der Waals surface area contributed by atoms with E-state index in [1.165, 1.54) is 12.0 Å². The van der Waals surface area contributed by atoms with Crippen molar-refractivity contribution in [3.63, 3.8) is 0 Å². The number of ether oxygens (including phenoxy) is 2. The summed E-state index contributed by atoms with van der Waals surface area (Å²) >= 11 is 0. The van der Waals surface area contributed by atoms with E-state index in [9.17, 15) is 9.59 Å². The third-order valence-electron chi connectivity index (χ3n) is 2.80. The number of nitrogen functional groups attached to an aromatic ring is 1. The fourth-order valence-electron chi connectivity index (χ4n) is 1.66. The summed E-state index contributed by atoms with van der Waals surface area (Å²) in [5, 5.41) is 2.73. The van der Waals surface area contributed by atoms with Crippen molar-refractivity contribution in [2.45, 2.75) is 6.42 Å². The summed E-state index contributed by atoms with van der Waals surface area (Å²) in [5.74, 6) is -0.367. The molecule has 0 aliphatic rings. The summed E-state index contributed by atoms with van der Waals surface area (Å²) in [7, 11) is 2.86. The molecule has 1 aromatic rings. The Kier molecular flexibility index (Phi) is 7.03. The highest BCUT2D eigenvalue weighted by Gasteiger charge is 2.15. The summed E-state index contributed by atoms with van der Waals surface area (Å²) in [5.41, 5.74) is 6.82. The summed E-state index contributed by atoms with van der Waals surface area (Å²) in [6, 6.07) is 6.56. The predicted octanol–water partition coefficient (Wildman–Crippen LogP) is 1.31. The summed E-state index contributed by atoms with van der Waals surface area (Å²) in [6.45, 7) is 1.01. The SMILES string of the molecule is COCCN(CCC(=O)OC)C(=O)Nc1cccc(N)c1. The number of methoxy groups -OCH3 is 2. The Hall–Kier alpha value is -2.28. The highest BCUT2D eigenvalue weighted by Crippen LogP contribution is 2.12. The molecule has 7 nitrogen and oxygen atoms in total. The number of esters is 1. The highest BCUT2D eigenvalue weighted by atomic mass is 16.5. The number of nitrogens with zero attached hydrogens (tertiary/aromatic N) is 1. The first-order chi connectivity index (χ1) is 10.1. The second-order valence-electron chi connectivity index (χ2n) is 4.36. The van der Waals surface area contributed by atoms with Crippen LogP contribution in [0.4, 0.5) is 16.2 Å². The van der Waals surface area contributed by atoms with E-state index in [0.717, 1.165) is 0 Å². The molecular formula is C14H21N3O4. The topological polar surface area (TPSA) is 93.9 Å². The molecular weight excluding hydrogens is 274 g/mol. The summed E-state index contributed by atoms with van der Waals surface area (Å²) in [6.07, 6.45) is 0.130. The van der Waals surface area contributed by atoms with Crippen molar-refractivity contribution in [2.24, 2.45) is 0 Å². The first-order valence-corrected chi connectivity index (χ1v) is 6.54. The average Bonchev–Trinajstić information content (AvgIpc) is 2.46. The lowest BCUT2D eigenvalue weighted by Crippen LogP contribution is -2.38. The van der Waals surface area contributed by atoms with Gasteiger partial charge in [0.2, 0.25) is 0 Å². The van der Waals surface area contributed by atoms with Crippen molar-refractivity contribution in [1.29, 1.82) is 0 Å². The number of amides is 2. The van der Waals surface area contributed by atoms with Crippen LogP contribution in [0.1, 0.15) is 6.42 Å². The number of carbonyl (C=O) groups is 2. The number of urea groups is 1. The number of benzene rings is 1. The molecule has 0 atom stereocenters. The second kappa shape index (κ2) is 8.80. The number of hydrogen-bond acceptors (Lipinski definition) is 5. The third kappa shape index (κ3) is 6.13. The minimum absolute atomic E-state index is 0.130. The molecule has 0 fully saturated rings. The lowest BCUT2D eigenvalue weighted by molar-refractivity contribution is -0.140. The molecule has 0 bridgehead atoms. The molecule has 0 saturated heterocycles. The van der Waals surface area contributed by atoms with E-state index < -0.39 is 0 Å². The van der Waals surface area contributed by atoms with Crippen LogP contribution in [0.2, 0.25) is 0 Å². The molecule has 116 valence electrons. The normalized spacial score (nSPS) is 10.0. The fourth-order valence-corrected chi connectivity index (χ4v) is 1.66. The zero-order valence-electron chi connectivity index (χ0n) is 12.3. The number of anilines is 2. The Labute approximate surface area is 124 Å². The molecule has 0 radical (unpaired) electrons. The first kappa shape index (κ1) is 16.8. The average molecular weight is 295 g/mol. The molecule has 0 saturated carbocycles. The van der Waals surface area contributed by atoms with E-state index >= 15 is 0 Å². The smallest absolute Gasteiger partial charge is 0.321 e. The van der Waals surface area contributed by atoms with Gasteiger partial charge in [0.25, 0.3) is 0 Å². The number of hydrogen-bond donors (Lipinski definition) is 2. The van der Waals surface area contributed by atoms with Gasteiger partial charge in [-0.1, -0.05) is 6.07 Å². The lowest BCUT2D eigenvalue weighted by Gasteiger charge is -2.22. The van der Waals surface area contributed by atoms with Gasteiger partial charge in [-0.25, -0.2) is 4.79 Å². The van der Waals surface area contributed by atoms with Crippen molar-refractivity contribution in [1.82, 2.24) is 4.90 Å². The van der Waals surface area contributed by atoms with Crippen LogP contribution in [0.15, 0.2) is 24.3 Å². The maximum atomic E-state index is 12.2. The maximum absolute atomic E-state index is 12.2. The van der Waals surface area contributed by atoms with Crippen molar-refractivity contribution in [3.8, 4) is 0 Å². The Morgan fingerprint density at radius 2 is 2.05 bits per heavy atom. The number of rotatable bonds is 7. The molecule has 7 heteroatoms. The molecule has 0 aliphatic carbocycles. The maximum Gasteiger partial charge on any atom is 0.321 e. The molecule has 0 unspecified atom stereocenters. The van der Waals surface area contributed by atoms with Gasteiger partial charge in [0.05, 0.1) is 20.1 Å². The fraction of sp³-hybridized carbons (Fsp3) is 0.429. The molecule has 0 spiro atoms. The van der Waals surface area contributed by atoms with Crippen LogP contribution in [0, 0.1) is 0 Å². The van der Waals surface area contributed by atoms with Gasteiger partial charge in [0.1, 0.15) is 0 Å². The van der Waals surface area contributed by atoms with Crippen molar-refractivity contribution < 1.29 is 19.1 Å². The predicted molar refractivity (Wildman–Crippen MR) is 80.0 cm³/mol. The van der Waals surface area contributed by atoms with E-state index in [1.54, 1.807) is 31.4 Å². The van der Waals surface area contributed by atoms with Crippen LogP contribution < -0.4 is 11.1 Å². The van der Waals surface area contributed by atoms with Crippen molar-refractivity contribution in [2.75, 3.05) is 45.0 Å². The van der Waals surface area contributed by atoms with Gasteiger partial charge in [-0.15, -0.1) is 0 Å². The van der Waals surface area contributed by atoms with E-state index in [4.69, 9.17) is 10.5 Å². The molecule has 3 N–H and O–H groups in total. The number of nitrogens with two attached hydrogens (primary N) is 1. The van der Waals surface area contributed by atoms with Crippen LogP contribution in [0.3, 0.4) is 0 Å². The van der Waals surface area contributed by atoms with E-state index in [2.05, 4.69) is 10.1 Å². The van der Waals surface area contributed by atoms with E-state index in [1.807, 2.05) is 0 Å². The molecule has 0 heterocycles. The monoisotopic (exact) mass is 295 g/mol. The van der Waals surface area contributed by atoms with Gasteiger partial charge in [0, 0.05) is 31.6 Å². The van der Waals surface area contributed by atoms with Gasteiger partial charge in [-0.2, -0.15) is 0 Å². The lowest BCUT2D eigenvalue weighted by atomic mass is 10.3. The number of carbonyl (C=O) groups excluding carboxylic acids is 2. The largest absolute Gasteiger partial charge is 0.469 e. The van der Waals surface area contributed by atoms with Gasteiger partial charge in [0.15, 0.2) is 0 Å². The summed E-state index contributed by atoms with van der Waals surface area (Å²) < 4.78 is 9.54. The molecule has 0 aliphatic heterocycles. The Morgan fingerprint density at radius 1 is 1.29 bits per heavy atom. The second-order valence-corrected chi connectivity index (χ2v) is 4.36. The zero-order chi connectivity index (χ0) is 15.7. The van der Waals surface area contributed by atoms with Crippen molar-refractivity contribution in [3.05, 3.63) is 24.3 Å². The van der Waals surface area contributed by atoms with Crippen molar-refractivity contribution >= 4 is 23.4 Å². The Morgan fingerprint density at radius 3 is 2.67 bits per heavy atom. The quantitative estimate of drug-likeness (QED) is 0.584. The van der Waals surface area contributed by atoms with Crippen LogP contribution >= 0.6 is 0 Å². The van der Waals surface area contributed by atoms with E-state index in [0.29, 0.717) is 24.5 Å². The zero-order valence-corrected chi connectivity index (χ0v) is 12.3. The first-order valence-electron chi connectivity index (χ1n) is 6.54. The van der Waals surface area contributed by atoms with E-state index in [-0.39, 0.29) is 25.0 Å². The molecule has 0 aromatic heterocycles. The van der Waals surface area contributed by atoms with Gasteiger partial charge >= 0.3 is 12.0 Å². The third-order valence-corrected chi connectivity index (χ3v) is 2.80. The summed E-state index contributed by atoms with van der Waals surface area (Å²) in [4.78, 5) is 24.9. The molecule has 21 heavy (non-hydrogen) atoms.